The maximum Gasteiger partial charge on any atom is 0.343 e. The lowest BCUT2D eigenvalue weighted by Crippen LogP contribution is -2.08. The second-order valence-electron chi connectivity index (χ2n) is 6.23. The van der Waals surface area contributed by atoms with Crippen molar-refractivity contribution in [1.29, 1.82) is 0 Å². The Bertz CT molecular complexity index is 965. The average Bonchev–Trinajstić information content (AvgIpc) is 2.75. The molecule has 3 aromatic rings. The molecule has 4 heteroatoms. The number of ether oxygens (including phenoxy) is 2. The Balaban J connectivity index is 1.67. The molecule has 140 valence electrons. The summed E-state index contributed by atoms with van der Waals surface area (Å²) >= 11 is 0. The maximum absolute atomic E-state index is 12.3. The van der Waals surface area contributed by atoms with Crippen LogP contribution in [0.15, 0.2) is 72.8 Å². The molecule has 0 aliphatic carbocycles. The van der Waals surface area contributed by atoms with Crippen molar-refractivity contribution in [3.05, 3.63) is 83.9 Å². The van der Waals surface area contributed by atoms with Crippen LogP contribution in [0.2, 0.25) is 0 Å². The summed E-state index contributed by atoms with van der Waals surface area (Å²) in [4.78, 5) is 12.3. The zero-order chi connectivity index (χ0) is 19.9. The van der Waals surface area contributed by atoms with Crippen LogP contribution in [-0.4, -0.2) is 24.3 Å². The summed E-state index contributed by atoms with van der Waals surface area (Å²) in [6.45, 7) is 0. The first-order chi connectivity index (χ1) is 13.6. The SMILES string of the molecule is C#CC(O)Cc1ccc(-c2ccc(C(=O)Oc3ccc(OC)cc3)cc2)cc1. The fraction of sp³-hybridized carbons (Fsp3) is 0.125. The summed E-state index contributed by atoms with van der Waals surface area (Å²) in [6, 6.07) is 21.8. The summed E-state index contributed by atoms with van der Waals surface area (Å²) in [5.74, 6) is 3.04. The molecule has 1 unspecified atom stereocenters. The summed E-state index contributed by atoms with van der Waals surface area (Å²) in [5, 5.41) is 9.53. The molecular formula is C24H20O4. The number of hydrogen-bond acceptors (Lipinski definition) is 4. The smallest absolute Gasteiger partial charge is 0.343 e. The van der Waals surface area contributed by atoms with Crippen molar-refractivity contribution in [1.82, 2.24) is 0 Å². The van der Waals surface area contributed by atoms with E-state index in [1.54, 1.807) is 43.5 Å². The third kappa shape index (κ3) is 4.79. The molecule has 0 saturated carbocycles. The number of esters is 1. The zero-order valence-corrected chi connectivity index (χ0v) is 15.5. The van der Waals surface area contributed by atoms with Crippen LogP contribution in [0.1, 0.15) is 15.9 Å². The van der Waals surface area contributed by atoms with Gasteiger partial charge in [-0.3, -0.25) is 0 Å². The highest BCUT2D eigenvalue weighted by molar-refractivity contribution is 5.91. The third-order valence-corrected chi connectivity index (χ3v) is 4.30. The van der Waals surface area contributed by atoms with E-state index in [1.807, 2.05) is 36.4 Å². The number of rotatable bonds is 6. The van der Waals surface area contributed by atoms with Gasteiger partial charge in [0.2, 0.25) is 0 Å². The average molecular weight is 372 g/mol. The van der Waals surface area contributed by atoms with E-state index in [9.17, 15) is 9.90 Å². The van der Waals surface area contributed by atoms with Gasteiger partial charge in [-0.1, -0.05) is 42.3 Å². The van der Waals surface area contributed by atoms with E-state index in [-0.39, 0.29) is 0 Å². The van der Waals surface area contributed by atoms with E-state index in [0.29, 0.717) is 23.5 Å². The molecule has 0 fully saturated rings. The molecule has 0 heterocycles. The number of terminal acetylenes is 1. The summed E-state index contributed by atoms with van der Waals surface area (Å²) < 4.78 is 10.5. The molecule has 0 bridgehead atoms. The standard InChI is InChI=1S/C24H20O4/c1-3-21(25)16-17-4-6-18(7-5-17)19-8-10-20(11-9-19)24(26)28-23-14-12-22(27-2)13-15-23/h1,4-15,21,25H,16H2,2H3. The van der Waals surface area contributed by atoms with Crippen LogP contribution < -0.4 is 9.47 Å². The molecular weight excluding hydrogens is 352 g/mol. The second kappa shape index (κ2) is 8.90. The van der Waals surface area contributed by atoms with Gasteiger partial charge in [-0.05, 0) is 53.1 Å². The maximum atomic E-state index is 12.3. The fourth-order valence-corrected chi connectivity index (χ4v) is 2.72. The normalized spacial score (nSPS) is 11.3. The quantitative estimate of drug-likeness (QED) is 0.402. The highest BCUT2D eigenvalue weighted by atomic mass is 16.5. The van der Waals surface area contributed by atoms with Gasteiger partial charge in [-0.15, -0.1) is 6.42 Å². The van der Waals surface area contributed by atoms with Gasteiger partial charge in [0.25, 0.3) is 0 Å². The van der Waals surface area contributed by atoms with E-state index < -0.39 is 12.1 Å². The Kier molecular flexibility index (Phi) is 6.11. The zero-order valence-electron chi connectivity index (χ0n) is 15.5. The Morgan fingerprint density at radius 1 is 0.929 bits per heavy atom. The summed E-state index contributed by atoms with van der Waals surface area (Å²) in [7, 11) is 1.58. The van der Waals surface area contributed by atoms with Crippen LogP contribution in [0.3, 0.4) is 0 Å². The van der Waals surface area contributed by atoms with Crippen LogP contribution in [0, 0.1) is 12.3 Å². The largest absolute Gasteiger partial charge is 0.497 e. The number of methoxy groups -OCH3 is 1. The lowest BCUT2D eigenvalue weighted by Gasteiger charge is -2.08. The predicted octanol–water partition coefficient (Wildman–Crippen LogP) is 4.12. The molecule has 28 heavy (non-hydrogen) atoms. The number of benzene rings is 3. The monoisotopic (exact) mass is 372 g/mol. The Labute approximate surface area is 164 Å². The van der Waals surface area contributed by atoms with Gasteiger partial charge >= 0.3 is 5.97 Å². The van der Waals surface area contributed by atoms with E-state index in [2.05, 4.69) is 5.92 Å². The van der Waals surface area contributed by atoms with Gasteiger partial charge in [0.15, 0.2) is 0 Å². The molecule has 4 nitrogen and oxygen atoms in total. The fourth-order valence-electron chi connectivity index (χ4n) is 2.72. The van der Waals surface area contributed by atoms with Crippen molar-refractivity contribution in [2.45, 2.75) is 12.5 Å². The molecule has 0 aliphatic heterocycles. The predicted molar refractivity (Wildman–Crippen MR) is 108 cm³/mol. The van der Waals surface area contributed by atoms with Crippen molar-refractivity contribution in [2.24, 2.45) is 0 Å². The van der Waals surface area contributed by atoms with Gasteiger partial charge in [0, 0.05) is 6.42 Å². The highest BCUT2D eigenvalue weighted by Gasteiger charge is 2.09. The topological polar surface area (TPSA) is 55.8 Å². The van der Waals surface area contributed by atoms with Crippen molar-refractivity contribution in [3.8, 4) is 35.0 Å². The van der Waals surface area contributed by atoms with Crippen LogP contribution in [-0.2, 0) is 6.42 Å². The van der Waals surface area contributed by atoms with Crippen LogP contribution in [0.4, 0.5) is 0 Å². The minimum absolute atomic E-state index is 0.421. The van der Waals surface area contributed by atoms with Crippen molar-refractivity contribution >= 4 is 5.97 Å². The number of aliphatic hydroxyl groups excluding tert-OH is 1. The number of carbonyl (C=O) groups is 1. The second-order valence-corrected chi connectivity index (χ2v) is 6.23. The van der Waals surface area contributed by atoms with E-state index in [0.717, 1.165) is 16.7 Å². The minimum atomic E-state index is -0.776. The number of carbonyl (C=O) groups excluding carboxylic acids is 1. The molecule has 3 aromatic carbocycles. The number of hydrogen-bond donors (Lipinski definition) is 1. The van der Waals surface area contributed by atoms with E-state index in [1.165, 1.54) is 0 Å². The molecule has 0 aromatic heterocycles. The first kappa shape index (κ1) is 19.2. The molecule has 0 amide bonds. The molecule has 0 radical (unpaired) electrons. The van der Waals surface area contributed by atoms with Gasteiger partial charge in [-0.25, -0.2) is 4.79 Å². The molecule has 1 atom stereocenters. The molecule has 3 rings (SSSR count). The summed E-state index contributed by atoms with van der Waals surface area (Å²) in [6.07, 6.45) is 4.85. The summed E-state index contributed by atoms with van der Waals surface area (Å²) in [5.41, 5.74) is 3.42. The lowest BCUT2D eigenvalue weighted by atomic mass is 10.0. The van der Waals surface area contributed by atoms with Gasteiger partial charge in [0.1, 0.15) is 17.6 Å². The Morgan fingerprint density at radius 3 is 2.00 bits per heavy atom. The Hall–Kier alpha value is -3.55. The molecule has 1 N–H and O–H groups in total. The van der Waals surface area contributed by atoms with Gasteiger partial charge in [-0.2, -0.15) is 0 Å². The third-order valence-electron chi connectivity index (χ3n) is 4.30. The van der Waals surface area contributed by atoms with Crippen LogP contribution in [0.5, 0.6) is 11.5 Å². The van der Waals surface area contributed by atoms with Gasteiger partial charge in [0.05, 0.1) is 12.7 Å². The van der Waals surface area contributed by atoms with E-state index >= 15 is 0 Å². The van der Waals surface area contributed by atoms with Gasteiger partial charge < -0.3 is 14.6 Å². The molecule has 0 saturated heterocycles. The van der Waals surface area contributed by atoms with Crippen LogP contribution >= 0.6 is 0 Å². The Morgan fingerprint density at radius 2 is 1.46 bits per heavy atom. The van der Waals surface area contributed by atoms with Crippen molar-refractivity contribution in [3.63, 3.8) is 0 Å². The molecule has 0 aliphatic rings. The lowest BCUT2D eigenvalue weighted by molar-refractivity contribution is 0.0734. The first-order valence-electron chi connectivity index (χ1n) is 8.79. The molecule has 0 spiro atoms. The van der Waals surface area contributed by atoms with Crippen molar-refractivity contribution in [2.75, 3.05) is 7.11 Å². The minimum Gasteiger partial charge on any atom is -0.497 e. The first-order valence-corrected chi connectivity index (χ1v) is 8.79. The van der Waals surface area contributed by atoms with Crippen LogP contribution in [0.25, 0.3) is 11.1 Å². The van der Waals surface area contributed by atoms with Crippen molar-refractivity contribution < 1.29 is 19.4 Å². The highest BCUT2D eigenvalue weighted by Crippen LogP contribution is 2.22. The number of aliphatic hydroxyl groups is 1. The van der Waals surface area contributed by atoms with E-state index in [4.69, 9.17) is 15.9 Å².